The number of thioether (sulfide) groups is 1. The zero-order valence-corrected chi connectivity index (χ0v) is 12.3. The van der Waals surface area contributed by atoms with Crippen LogP contribution in [-0.2, 0) is 4.79 Å². The molecular formula is C13H18ClNO3S. The molecule has 0 atom stereocenters. The van der Waals surface area contributed by atoms with Crippen LogP contribution in [0.15, 0.2) is 29.2 Å². The van der Waals surface area contributed by atoms with E-state index in [1.54, 1.807) is 30.8 Å². The van der Waals surface area contributed by atoms with Crippen LogP contribution in [0.4, 0.5) is 0 Å². The van der Waals surface area contributed by atoms with E-state index < -0.39 is 5.54 Å². The Kier molecular flexibility index (Phi) is 6.65. The molecule has 0 aliphatic rings. The summed E-state index contributed by atoms with van der Waals surface area (Å²) in [6.45, 7) is 1.01. The van der Waals surface area contributed by atoms with Crippen molar-refractivity contribution in [3.05, 3.63) is 29.3 Å². The van der Waals surface area contributed by atoms with Gasteiger partial charge in [-0.3, -0.25) is 4.79 Å². The van der Waals surface area contributed by atoms with Gasteiger partial charge in [-0.05, 0) is 31.2 Å². The lowest BCUT2D eigenvalue weighted by molar-refractivity contribution is -0.123. The summed E-state index contributed by atoms with van der Waals surface area (Å²) in [6.07, 6.45) is 0.322. The van der Waals surface area contributed by atoms with Crippen LogP contribution in [0.25, 0.3) is 0 Å². The van der Waals surface area contributed by atoms with Gasteiger partial charge < -0.3 is 15.5 Å². The molecule has 0 unspecified atom stereocenters. The van der Waals surface area contributed by atoms with Gasteiger partial charge in [0.05, 0.1) is 18.8 Å². The van der Waals surface area contributed by atoms with Crippen molar-refractivity contribution < 1.29 is 15.0 Å². The molecule has 0 fully saturated rings. The highest BCUT2D eigenvalue weighted by molar-refractivity contribution is 7.99. The Morgan fingerprint density at radius 2 is 1.89 bits per heavy atom. The zero-order valence-electron chi connectivity index (χ0n) is 10.7. The maximum Gasteiger partial charge on any atom is 0.221 e. The quantitative estimate of drug-likeness (QED) is 0.670. The number of aliphatic hydroxyl groups is 2. The second-order valence-corrected chi connectivity index (χ2v) is 6.08. The molecular weight excluding hydrogens is 286 g/mol. The van der Waals surface area contributed by atoms with E-state index >= 15 is 0 Å². The Bertz CT molecular complexity index is 407. The molecule has 0 aliphatic heterocycles. The van der Waals surface area contributed by atoms with Gasteiger partial charge in [-0.25, -0.2) is 0 Å². The van der Waals surface area contributed by atoms with Crippen LogP contribution in [-0.4, -0.2) is 40.6 Å². The summed E-state index contributed by atoms with van der Waals surface area (Å²) in [4.78, 5) is 12.7. The lowest BCUT2D eigenvalue weighted by Gasteiger charge is -2.26. The minimum absolute atomic E-state index is 0.188. The molecule has 1 rings (SSSR count). The van der Waals surface area contributed by atoms with Gasteiger partial charge in [0.15, 0.2) is 0 Å². The Morgan fingerprint density at radius 3 is 2.42 bits per heavy atom. The third kappa shape index (κ3) is 5.82. The summed E-state index contributed by atoms with van der Waals surface area (Å²) in [5.41, 5.74) is -0.956. The van der Waals surface area contributed by atoms with Gasteiger partial charge in [-0.2, -0.15) is 0 Å². The standard InChI is InChI=1S/C13H18ClNO3S/c1-13(8-16,9-17)15-12(18)6-7-19-11-4-2-10(14)3-5-11/h2-5,16-17H,6-9H2,1H3,(H,15,18). The Morgan fingerprint density at radius 1 is 1.32 bits per heavy atom. The first-order chi connectivity index (χ1) is 8.99. The first-order valence-electron chi connectivity index (χ1n) is 5.90. The smallest absolute Gasteiger partial charge is 0.221 e. The third-order valence-electron chi connectivity index (χ3n) is 2.55. The van der Waals surface area contributed by atoms with Crippen molar-refractivity contribution in [1.29, 1.82) is 0 Å². The van der Waals surface area contributed by atoms with Crippen molar-refractivity contribution in [2.75, 3.05) is 19.0 Å². The molecule has 4 nitrogen and oxygen atoms in total. The minimum Gasteiger partial charge on any atom is -0.394 e. The van der Waals surface area contributed by atoms with Crippen LogP contribution in [0.3, 0.4) is 0 Å². The Balaban J connectivity index is 2.33. The first-order valence-corrected chi connectivity index (χ1v) is 7.26. The van der Waals surface area contributed by atoms with Crippen LogP contribution in [0.1, 0.15) is 13.3 Å². The fraction of sp³-hybridized carbons (Fsp3) is 0.462. The molecule has 3 N–H and O–H groups in total. The number of rotatable bonds is 7. The van der Waals surface area contributed by atoms with Gasteiger partial charge in [0.1, 0.15) is 0 Å². The van der Waals surface area contributed by atoms with Crippen molar-refractivity contribution in [1.82, 2.24) is 5.32 Å². The van der Waals surface area contributed by atoms with E-state index in [-0.39, 0.29) is 19.1 Å². The van der Waals surface area contributed by atoms with Gasteiger partial charge >= 0.3 is 0 Å². The number of carbonyl (C=O) groups excluding carboxylic acids is 1. The highest BCUT2D eigenvalue weighted by atomic mass is 35.5. The van der Waals surface area contributed by atoms with E-state index in [9.17, 15) is 4.79 Å². The monoisotopic (exact) mass is 303 g/mol. The van der Waals surface area contributed by atoms with Crippen molar-refractivity contribution >= 4 is 29.3 Å². The van der Waals surface area contributed by atoms with Gasteiger partial charge in [-0.1, -0.05) is 11.6 Å². The number of hydrogen-bond donors (Lipinski definition) is 3. The second kappa shape index (κ2) is 7.75. The zero-order chi connectivity index (χ0) is 14.3. The summed E-state index contributed by atoms with van der Waals surface area (Å²) in [6, 6.07) is 7.41. The molecule has 0 bridgehead atoms. The molecule has 1 aromatic carbocycles. The SMILES string of the molecule is CC(CO)(CO)NC(=O)CCSc1ccc(Cl)cc1. The van der Waals surface area contributed by atoms with Gasteiger partial charge in [0.25, 0.3) is 0 Å². The highest BCUT2D eigenvalue weighted by Crippen LogP contribution is 2.20. The van der Waals surface area contributed by atoms with Gasteiger partial charge in [-0.15, -0.1) is 11.8 Å². The molecule has 0 heterocycles. The fourth-order valence-corrected chi connectivity index (χ4v) is 2.30. The number of aliphatic hydroxyl groups excluding tert-OH is 2. The molecule has 106 valence electrons. The Labute approximate surface area is 122 Å². The number of carbonyl (C=O) groups is 1. The predicted octanol–water partition coefficient (Wildman–Crippen LogP) is 1.68. The molecule has 0 saturated heterocycles. The van der Waals surface area contributed by atoms with Crippen molar-refractivity contribution in [2.24, 2.45) is 0 Å². The molecule has 0 saturated carbocycles. The minimum atomic E-state index is -0.956. The molecule has 19 heavy (non-hydrogen) atoms. The van der Waals surface area contributed by atoms with E-state index in [2.05, 4.69) is 5.32 Å². The van der Waals surface area contributed by atoms with Crippen molar-refractivity contribution in [3.63, 3.8) is 0 Å². The maximum atomic E-state index is 11.7. The van der Waals surface area contributed by atoms with Crippen molar-refractivity contribution in [3.8, 4) is 0 Å². The number of amides is 1. The maximum absolute atomic E-state index is 11.7. The number of halogens is 1. The lowest BCUT2D eigenvalue weighted by atomic mass is 10.1. The number of hydrogen-bond acceptors (Lipinski definition) is 4. The van der Waals surface area contributed by atoms with Crippen LogP contribution in [0.5, 0.6) is 0 Å². The van der Waals surface area contributed by atoms with Crippen LogP contribution in [0.2, 0.25) is 5.02 Å². The van der Waals surface area contributed by atoms with Crippen molar-refractivity contribution in [2.45, 2.75) is 23.8 Å². The van der Waals surface area contributed by atoms with Crippen LogP contribution < -0.4 is 5.32 Å². The number of benzene rings is 1. The highest BCUT2D eigenvalue weighted by Gasteiger charge is 2.24. The Hall–Kier alpha value is -0.750. The van der Waals surface area contributed by atoms with E-state index in [0.717, 1.165) is 4.90 Å². The summed E-state index contributed by atoms with van der Waals surface area (Å²) >= 11 is 7.33. The van der Waals surface area contributed by atoms with Crippen LogP contribution in [0, 0.1) is 0 Å². The van der Waals surface area contributed by atoms with E-state index in [0.29, 0.717) is 17.2 Å². The summed E-state index contributed by atoms with van der Waals surface area (Å²) in [5, 5.41) is 21.4. The first kappa shape index (κ1) is 16.3. The largest absolute Gasteiger partial charge is 0.394 e. The molecule has 1 amide bonds. The molecule has 0 radical (unpaired) electrons. The summed E-state index contributed by atoms with van der Waals surface area (Å²) in [7, 11) is 0. The normalized spacial score (nSPS) is 11.4. The molecule has 0 spiro atoms. The average molecular weight is 304 g/mol. The summed E-state index contributed by atoms with van der Waals surface area (Å²) < 4.78 is 0. The third-order valence-corrected chi connectivity index (χ3v) is 3.82. The molecule has 1 aromatic rings. The van der Waals surface area contributed by atoms with E-state index in [1.807, 2.05) is 12.1 Å². The molecule has 6 heteroatoms. The number of nitrogens with one attached hydrogen (secondary N) is 1. The van der Waals surface area contributed by atoms with E-state index in [1.165, 1.54) is 0 Å². The lowest BCUT2D eigenvalue weighted by Crippen LogP contribution is -2.51. The average Bonchev–Trinajstić information content (AvgIpc) is 2.41. The topological polar surface area (TPSA) is 69.6 Å². The second-order valence-electron chi connectivity index (χ2n) is 4.48. The molecule has 0 aliphatic carbocycles. The van der Waals surface area contributed by atoms with E-state index in [4.69, 9.17) is 21.8 Å². The molecule has 0 aromatic heterocycles. The van der Waals surface area contributed by atoms with Gasteiger partial charge in [0.2, 0.25) is 5.91 Å². The fourth-order valence-electron chi connectivity index (χ4n) is 1.32. The van der Waals surface area contributed by atoms with Crippen LogP contribution >= 0.6 is 23.4 Å². The van der Waals surface area contributed by atoms with Gasteiger partial charge in [0, 0.05) is 22.1 Å². The predicted molar refractivity (Wildman–Crippen MR) is 77.5 cm³/mol. The summed E-state index contributed by atoms with van der Waals surface area (Å²) in [5.74, 6) is 0.437.